The first-order valence-electron chi connectivity index (χ1n) is 9.37. The molecule has 0 N–H and O–H groups in total. The van der Waals surface area contributed by atoms with Crippen LogP contribution >= 0.6 is 0 Å². The van der Waals surface area contributed by atoms with E-state index in [-0.39, 0.29) is 11.8 Å². The molecular weight excluding hydrogens is 322 g/mol. The number of carbonyl (C=O) groups is 1. The predicted molar refractivity (Wildman–Crippen MR) is 91.1 cm³/mol. The Morgan fingerprint density at radius 2 is 2.08 bits per heavy atom. The number of carbonyl (C=O) groups excluding carboxylic acids is 1. The Bertz CT molecular complexity index is 548. The fourth-order valence-corrected chi connectivity index (χ4v) is 3.18. The van der Waals surface area contributed by atoms with Gasteiger partial charge in [-0.1, -0.05) is 19.0 Å². The highest BCUT2D eigenvalue weighted by Crippen LogP contribution is 2.26. The first-order valence-corrected chi connectivity index (χ1v) is 9.37. The van der Waals surface area contributed by atoms with Crippen LogP contribution in [0.3, 0.4) is 0 Å². The van der Waals surface area contributed by atoms with Gasteiger partial charge in [-0.05, 0) is 24.7 Å². The number of aromatic nitrogens is 2. The van der Waals surface area contributed by atoms with E-state index in [0.29, 0.717) is 56.1 Å². The lowest BCUT2D eigenvalue weighted by atomic mass is 9.98. The van der Waals surface area contributed by atoms with Crippen molar-refractivity contribution in [2.24, 2.45) is 11.8 Å². The third kappa shape index (κ3) is 5.25. The van der Waals surface area contributed by atoms with E-state index in [1.807, 2.05) is 4.90 Å². The molecule has 140 valence electrons. The maximum atomic E-state index is 12.0. The van der Waals surface area contributed by atoms with Crippen LogP contribution in [0.25, 0.3) is 0 Å². The average Bonchev–Trinajstić information content (AvgIpc) is 2.99. The van der Waals surface area contributed by atoms with Gasteiger partial charge in [-0.15, -0.1) is 0 Å². The maximum absolute atomic E-state index is 12.0. The van der Waals surface area contributed by atoms with Gasteiger partial charge < -0.3 is 18.9 Å². The van der Waals surface area contributed by atoms with Gasteiger partial charge in [-0.25, -0.2) is 0 Å². The summed E-state index contributed by atoms with van der Waals surface area (Å²) in [6.45, 7) is 8.58. The summed E-state index contributed by atoms with van der Waals surface area (Å²) >= 11 is 0. The summed E-state index contributed by atoms with van der Waals surface area (Å²) in [6.07, 6.45) is 3.43. The van der Waals surface area contributed by atoms with Crippen molar-refractivity contribution in [3.05, 3.63) is 11.7 Å². The molecule has 2 fully saturated rings. The third-order valence-corrected chi connectivity index (χ3v) is 4.81. The van der Waals surface area contributed by atoms with Gasteiger partial charge in [0.05, 0.1) is 12.5 Å². The van der Waals surface area contributed by atoms with Crippen LogP contribution in [0.1, 0.15) is 50.7 Å². The van der Waals surface area contributed by atoms with E-state index in [1.54, 1.807) is 0 Å². The molecule has 0 spiro atoms. The minimum atomic E-state index is 0.181. The molecular formula is C18H29N3O4. The van der Waals surface area contributed by atoms with Gasteiger partial charge in [0.15, 0.2) is 5.82 Å². The highest BCUT2D eigenvalue weighted by molar-refractivity contribution is 5.77. The minimum Gasteiger partial charge on any atom is -0.381 e. The summed E-state index contributed by atoms with van der Waals surface area (Å²) in [5, 5.41) is 4.03. The molecule has 0 aliphatic carbocycles. The Morgan fingerprint density at radius 3 is 2.80 bits per heavy atom. The average molecular weight is 351 g/mol. The van der Waals surface area contributed by atoms with E-state index in [0.717, 1.165) is 32.7 Å². The number of likely N-dealkylation sites (tertiary alicyclic amines) is 1. The molecule has 1 aromatic rings. The molecule has 0 unspecified atom stereocenters. The van der Waals surface area contributed by atoms with Crippen molar-refractivity contribution in [3.63, 3.8) is 0 Å². The Balaban J connectivity index is 1.33. The van der Waals surface area contributed by atoms with Gasteiger partial charge in [0.1, 0.15) is 0 Å². The molecule has 7 heteroatoms. The van der Waals surface area contributed by atoms with Gasteiger partial charge in [0.2, 0.25) is 11.8 Å². The number of nitrogens with zero attached hydrogens (tertiary/aromatic N) is 3. The minimum absolute atomic E-state index is 0.181. The largest absolute Gasteiger partial charge is 0.381 e. The molecule has 7 nitrogen and oxygen atoms in total. The number of hydrogen-bond acceptors (Lipinski definition) is 6. The highest BCUT2D eigenvalue weighted by Gasteiger charge is 2.35. The molecule has 2 aliphatic heterocycles. The molecule has 3 heterocycles. The third-order valence-electron chi connectivity index (χ3n) is 4.81. The standard InChI is InChI=1S/C18H29N3O4/c1-13(2)9-17(22)21-10-15(11-21)18-19-16(20-25-18)5-8-24-12-14-3-6-23-7-4-14/h13-15H,3-12H2,1-2H3. The first kappa shape index (κ1) is 18.3. The first-order chi connectivity index (χ1) is 12.1. The number of rotatable bonds is 8. The number of ether oxygens (including phenoxy) is 2. The van der Waals surface area contributed by atoms with E-state index in [2.05, 4.69) is 24.0 Å². The second-order valence-corrected chi connectivity index (χ2v) is 7.52. The Morgan fingerprint density at radius 1 is 1.32 bits per heavy atom. The second kappa shape index (κ2) is 8.76. The molecule has 0 atom stereocenters. The molecule has 0 aromatic carbocycles. The lowest BCUT2D eigenvalue weighted by molar-refractivity contribution is -0.136. The van der Waals surface area contributed by atoms with Gasteiger partial charge in [-0.3, -0.25) is 4.79 Å². The quantitative estimate of drug-likeness (QED) is 0.667. The zero-order valence-corrected chi connectivity index (χ0v) is 15.3. The fourth-order valence-electron chi connectivity index (χ4n) is 3.18. The monoisotopic (exact) mass is 351 g/mol. The zero-order valence-electron chi connectivity index (χ0n) is 15.3. The normalized spacial score (nSPS) is 19.4. The second-order valence-electron chi connectivity index (χ2n) is 7.52. The van der Waals surface area contributed by atoms with E-state index >= 15 is 0 Å². The van der Waals surface area contributed by atoms with Crippen LogP contribution in [0, 0.1) is 11.8 Å². The summed E-state index contributed by atoms with van der Waals surface area (Å²) in [6, 6.07) is 0. The lowest BCUT2D eigenvalue weighted by Gasteiger charge is -2.37. The van der Waals surface area contributed by atoms with Crippen molar-refractivity contribution in [3.8, 4) is 0 Å². The summed E-state index contributed by atoms with van der Waals surface area (Å²) in [4.78, 5) is 18.3. The van der Waals surface area contributed by atoms with E-state index in [4.69, 9.17) is 14.0 Å². The fraction of sp³-hybridized carbons (Fsp3) is 0.833. The topological polar surface area (TPSA) is 77.7 Å². The molecule has 0 radical (unpaired) electrons. The van der Waals surface area contributed by atoms with Gasteiger partial charge in [0.25, 0.3) is 0 Å². The van der Waals surface area contributed by atoms with Crippen molar-refractivity contribution in [2.75, 3.05) is 39.5 Å². The van der Waals surface area contributed by atoms with Crippen LogP contribution in [0.2, 0.25) is 0 Å². The molecule has 0 bridgehead atoms. The van der Waals surface area contributed by atoms with Crippen LogP contribution in [-0.4, -0.2) is 60.5 Å². The Labute approximate surface area is 149 Å². The van der Waals surface area contributed by atoms with E-state index in [9.17, 15) is 4.79 Å². The molecule has 2 aliphatic rings. The molecule has 0 saturated carbocycles. The van der Waals surface area contributed by atoms with Crippen molar-refractivity contribution in [2.45, 2.75) is 45.4 Å². The molecule has 1 amide bonds. The van der Waals surface area contributed by atoms with Crippen molar-refractivity contribution >= 4 is 5.91 Å². The van der Waals surface area contributed by atoms with Gasteiger partial charge >= 0.3 is 0 Å². The Kier molecular flexibility index (Phi) is 6.42. The van der Waals surface area contributed by atoms with Crippen molar-refractivity contribution in [1.29, 1.82) is 0 Å². The lowest BCUT2D eigenvalue weighted by Crippen LogP contribution is -2.48. The van der Waals surface area contributed by atoms with Crippen LogP contribution < -0.4 is 0 Å². The molecule has 3 rings (SSSR count). The molecule has 2 saturated heterocycles. The van der Waals surface area contributed by atoms with Gasteiger partial charge in [-0.2, -0.15) is 4.98 Å². The summed E-state index contributed by atoms with van der Waals surface area (Å²) in [5.41, 5.74) is 0. The summed E-state index contributed by atoms with van der Waals surface area (Å²) in [7, 11) is 0. The predicted octanol–water partition coefficient (Wildman–Crippen LogP) is 2.03. The Hall–Kier alpha value is -1.47. The zero-order chi connectivity index (χ0) is 17.6. The van der Waals surface area contributed by atoms with Gasteiger partial charge in [0, 0.05) is 45.8 Å². The summed E-state index contributed by atoms with van der Waals surface area (Å²) < 4.78 is 16.4. The molecule has 1 aromatic heterocycles. The van der Waals surface area contributed by atoms with Crippen molar-refractivity contribution < 1.29 is 18.8 Å². The summed E-state index contributed by atoms with van der Waals surface area (Å²) in [5.74, 6) is 2.73. The van der Waals surface area contributed by atoms with Crippen LogP contribution in [0.5, 0.6) is 0 Å². The number of amides is 1. The number of hydrogen-bond donors (Lipinski definition) is 0. The molecule has 25 heavy (non-hydrogen) atoms. The maximum Gasteiger partial charge on any atom is 0.233 e. The van der Waals surface area contributed by atoms with E-state index in [1.165, 1.54) is 0 Å². The van der Waals surface area contributed by atoms with Crippen LogP contribution in [0.15, 0.2) is 4.52 Å². The smallest absolute Gasteiger partial charge is 0.233 e. The SMILES string of the molecule is CC(C)CC(=O)N1CC(c2nc(CCOCC3CCOCC3)no2)C1. The highest BCUT2D eigenvalue weighted by atomic mass is 16.5. The van der Waals surface area contributed by atoms with E-state index < -0.39 is 0 Å². The van der Waals surface area contributed by atoms with Crippen LogP contribution in [0.4, 0.5) is 0 Å². The van der Waals surface area contributed by atoms with Crippen LogP contribution in [-0.2, 0) is 20.7 Å². The van der Waals surface area contributed by atoms with Crippen molar-refractivity contribution in [1.82, 2.24) is 15.0 Å².